The molecule has 0 aliphatic heterocycles. The third kappa shape index (κ3) is 3.57. The number of hydrogen-bond donors (Lipinski definition) is 1. The summed E-state index contributed by atoms with van der Waals surface area (Å²) in [5.41, 5.74) is 3.15. The minimum Gasteiger partial charge on any atom is -0.390 e. The van der Waals surface area contributed by atoms with Crippen molar-refractivity contribution in [3.05, 3.63) is 41.7 Å². The standard InChI is InChI=1S/C15H22N4O/c1-12(2)13-4-6-15(7-5-13)18(3)8-9-19-10-14(11-20)16-17-19/h4-7,10,12,20H,8-9,11H2,1-3H3. The SMILES string of the molecule is CC(C)c1ccc(N(C)CCn2cc(CO)nn2)cc1. The van der Waals surface area contributed by atoms with Crippen LogP contribution in [0.4, 0.5) is 5.69 Å². The van der Waals surface area contributed by atoms with Gasteiger partial charge in [0.1, 0.15) is 5.69 Å². The Bertz CT molecular complexity index is 533. The van der Waals surface area contributed by atoms with Gasteiger partial charge in [-0.25, -0.2) is 0 Å². The molecule has 0 amide bonds. The van der Waals surface area contributed by atoms with Crippen LogP contribution in [0.2, 0.25) is 0 Å². The van der Waals surface area contributed by atoms with E-state index in [0.29, 0.717) is 11.6 Å². The molecule has 0 spiro atoms. The first-order valence-corrected chi connectivity index (χ1v) is 6.91. The molecule has 0 bridgehead atoms. The maximum atomic E-state index is 8.95. The predicted molar refractivity (Wildman–Crippen MR) is 79.7 cm³/mol. The van der Waals surface area contributed by atoms with E-state index in [1.807, 2.05) is 0 Å². The summed E-state index contributed by atoms with van der Waals surface area (Å²) in [6, 6.07) is 8.65. The van der Waals surface area contributed by atoms with Crippen molar-refractivity contribution in [2.45, 2.75) is 32.9 Å². The summed E-state index contributed by atoms with van der Waals surface area (Å²) in [7, 11) is 2.06. The van der Waals surface area contributed by atoms with Crippen molar-refractivity contribution in [3.63, 3.8) is 0 Å². The van der Waals surface area contributed by atoms with Gasteiger partial charge in [0.15, 0.2) is 0 Å². The summed E-state index contributed by atoms with van der Waals surface area (Å²) in [5.74, 6) is 0.557. The fourth-order valence-electron chi connectivity index (χ4n) is 2.02. The minimum absolute atomic E-state index is 0.0630. The fraction of sp³-hybridized carbons (Fsp3) is 0.467. The number of aromatic nitrogens is 3. The van der Waals surface area contributed by atoms with Crippen LogP contribution in [0.3, 0.4) is 0 Å². The first-order valence-electron chi connectivity index (χ1n) is 6.91. The Labute approximate surface area is 119 Å². The highest BCUT2D eigenvalue weighted by molar-refractivity contribution is 5.47. The highest BCUT2D eigenvalue weighted by atomic mass is 16.3. The van der Waals surface area contributed by atoms with Crippen molar-refractivity contribution < 1.29 is 5.11 Å². The van der Waals surface area contributed by atoms with Crippen LogP contribution in [0, 0.1) is 0 Å². The van der Waals surface area contributed by atoms with E-state index >= 15 is 0 Å². The number of rotatable bonds is 6. The molecule has 0 saturated heterocycles. The van der Waals surface area contributed by atoms with Crippen LogP contribution < -0.4 is 4.90 Å². The van der Waals surface area contributed by atoms with Gasteiger partial charge in [0, 0.05) is 19.3 Å². The molecule has 0 radical (unpaired) electrons. The second-order valence-electron chi connectivity index (χ2n) is 5.30. The molecule has 108 valence electrons. The number of aliphatic hydroxyl groups excluding tert-OH is 1. The van der Waals surface area contributed by atoms with Gasteiger partial charge in [0.05, 0.1) is 19.3 Å². The Kier molecular flexibility index (Phi) is 4.74. The highest BCUT2D eigenvalue weighted by Gasteiger charge is 2.04. The van der Waals surface area contributed by atoms with E-state index in [1.165, 1.54) is 11.3 Å². The second kappa shape index (κ2) is 6.52. The van der Waals surface area contributed by atoms with Gasteiger partial charge in [-0.2, -0.15) is 0 Å². The van der Waals surface area contributed by atoms with E-state index in [-0.39, 0.29) is 6.61 Å². The first kappa shape index (κ1) is 14.5. The molecular formula is C15H22N4O. The highest BCUT2D eigenvalue weighted by Crippen LogP contribution is 2.19. The number of anilines is 1. The van der Waals surface area contributed by atoms with Crippen LogP contribution >= 0.6 is 0 Å². The summed E-state index contributed by atoms with van der Waals surface area (Å²) in [4.78, 5) is 2.18. The lowest BCUT2D eigenvalue weighted by atomic mass is 10.0. The van der Waals surface area contributed by atoms with Crippen LogP contribution in [-0.4, -0.2) is 33.7 Å². The van der Waals surface area contributed by atoms with E-state index in [2.05, 4.69) is 60.4 Å². The van der Waals surface area contributed by atoms with Gasteiger partial charge in [-0.05, 0) is 23.6 Å². The van der Waals surface area contributed by atoms with Gasteiger partial charge < -0.3 is 10.0 Å². The molecule has 0 atom stereocenters. The quantitative estimate of drug-likeness (QED) is 0.875. The Morgan fingerprint density at radius 3 is 2.50 bits per heavy atom. The normalized spacial score (nSPS) is 11.1. The van der Waals surface area contributed by atoms with Gasteiger partial charge in [-0.15, -0.1) is 5.10 Å². The van der Waals surface area contributed by atoms with E-state index in [9.17, 15) is 0 Å². The molecule has 20 heavy (non-hydrogen) atoms. The molecule has 5 heteroatoms. The average Bonchev–Trinajstić information content (AvgIpc) is 2.93. The topological polar surface area (TPSA) is 54.2 Å². The van der Waals surface area contributed by atoms with Crippen LogP contribution in [-0.2, 0) is 13.2 Å². The van der Waals surface area contributed by atoms with Crippen molar-refractivity contribution >= 4 is 5.69 Å². The number of nitrogens with zero attached hydrogens (tertiary/aromatic N) is 4. The fourth-order valence-corrected chi connectivity index (χ4v) is 2.02. The summed E-state index contributed by atoms with van der Waals surface area (Å²) >= 11 is 0. The minimum atomic E-state index is -0.0630. The number of likely N-dealkylation sites (N-methyl/N-ethyl adjacent to an activating group) is 1. The maximum absolute atomic E-state index is 8.95. The lowest BCUT2D eigenvalue weighted by Crippen LogP contribution is -2.22. The zero-order valence-electron chi connectivity index (χ0n) is 12.3. The zero-order valence-corrected chi connectivity index (χ0v) is 12.3. The van der Waals surface area contributed by atoms with E-state index in [4.69, 9.17) is 5.11 Å². The van der Waals surface area contributed by atoms with Gasteiger partial charge in [-0.3, -0.25) is 4.68 Å². The van der Waals surface area contributed by atoms with Crippen LogP contribution in [0.5, 0.6) is 0 Å². The summed E-state index contributed by atoms with van der Waals surface area (Å²) < 4.78 is 1.75. The second-order valence-corrected chi connectivity index (χ2v) is 5.30. The molecule has 0 fully saturated rings. The summed E-state index contributed by atoms with van der Waals surface area (Å²) in [6.07, 6.45) is 1.77. The van der Waals surface area contributed by atoms with Crippen molar-refractivity contribution in [1.82, 2.24) is 15.0 Å². The number of benzene rings is 1. The maximum Gasteiger partial charge on any atom is 0.108 e. The molecule has 1 heterocycles. The molecule has 0 unspecified atom stereocenters. The Balaban J connectivity index is 1.92. The lowest BCUT2D eigenvalue weighted by Gasteiger charge is -2.19. The molecular weight excluding hydrogens is 252 g/mol. The zero-order chi connectivity index (χ0) is 14.5. The van der Waals surface area contributed by atoms with Gasteiger partial charge in [-0.1, -0.05) is 31.2 Å². The van der Waals surface area contributed by atoms with Crippen molar-refractivity contribution in [2.75, 3.05) is 18.5 Å². The Hall–Kier alpha value is -1.88. The number of aliphatic hydroxyl groups is 1. The monoisotopic (exact) mass is 274 g/mol. The summed E-state index contributed by atoms with van der Waals surface area (Å²) in [6.45, 7) is 5.92. The molecule has 2 rings (SSSR count). The van der Waals surface area contributed by atoms with E-state index < -0.39 is 0 Å². The molecule has 0 aliphatic rings. The van der Waals surface area contributed by atoms with Gasteiger partial charge in [0.2, 0.25) is 0 Å². The molecule has 5 nitrogen and oxygen atoms in total. The molecule has 0 saturated carbocycles. The average molecular weight is 274 g/mol. The van der Waals surface area contributed by atoms with Crippen molar-refractivity contribution in [3.8, 4) is 0 Å². The molecule has 1 aromatic heterocycles. The van der Waals surface area contributed by atoms with Crippen molar-refractivity contribution in [1.29, 1.82) is 0 Å². The Morgan fingerprint density at radius 2 is 1.95 bits per heavy atom. The lowest BCUT2D eigenvalue weighted by molar-refractivity contribution is 0.276. The van der Waals surface area contributed by atoms with E-state index in [0.717, 1.165) is 13.1 Å². The van der Waals surface area contributed by atoms with Gasteiger partial charge >= 0.3 is 0 Å². The van der Waals surface area contributed by atoms with E-state index in [1.54, 1.807) is 10.9 Å². The third-order valence-corrected chi connectivity index (χ3v) is 3.41. The van der Waals surface area contributed by atoms with Crippen LogP contribution in [0.25, 0.3) is 0 Å². The molecule has 0 aliphatic carbocycles. The molecule has 1 N–H and O–H groups in total. The number of hydrogen-bond acceptors (Lipinski definition) is 4. The summed E-state index contributed by atoms with van der Waals surface area (Å²) in [5, 5.41) is 16.8. The third-order valence-electron chi connectivity index (χ3n) is 3.41. The van der Waals surface area contributed by atoms with Crippen molar-refractivity contribution in [2.24, 2.45) is 0 Å². The Morgan fingerprint density at radius 1 is 1.25 bits per heavy atom. The van der Waals surface area contributed by atoms with Gasteiger partial charge in [0.25, 0.3) is 0 Å². The molecule has 1 aromatic carbocycles. The smallest absolute Gasteiger partial charge is 0.108 e. The van der Waals surface area contributed by atoms with Crippen LogP contribution in [0.1, 0.15) is 31.0 Å². The van der Waals surface area contributed by atoms with Crippen LogP contribution in [0.15, 0.2) is 30.5 Å². The first-order chi connectivity index (χ1) is 9.60. The largest absolute Gasteiger partial charge is 0.390 e. The predicted octanol–water partition coefficient (Wildman–Crippen LogP) is 2.03. The molecule has 2 aromatic rings.